The maximum absolute atomic E-state index is 10.7. The molecule has 1 radical (unpaired) electrons. The first-order chi connectivity index (χ1) is 9.06. The maximum Gasteiger partial charge on any atom is 0.396 e. The number of carbonyl (C=O) groups is 1. The third-order valence-corrected chi connectivity index (χ3v) is 3.79. The maximum atomic E-state index is 10.7. The first-order valence-corrected chi connectivity index (χ1v) is 6.49. The van der Waals surface area contributed by atoms with Crippen molar-refractivity contribution in [2.24, 2.45) is 0 Å². The van der Waals surface area contributed by atoms with Gasteiger partial charge in [0.1, 0.15) is 0 Å². The van der Waals surface area contributed by atoms with E-state index in [-0.39, 0.29) is 12.5 Å². The number of allylic oxidation sites excluding steroid dienone is 1. The Labute approximate surface area is 113 Å². The molecule has 19 heavy (non-hydrogen) atoms. The van der Waals surface area contributed by atoms with Crippen molar-refractivity contribution < 1.29 is 9.90 Å². The Morgan fingerprint density at radius 1 is 1.47 bits per heavy atom. The Morgan fingerprint density at radius 2 is 2.26 bits per heavy atom. The summed E-state index contributed by atoms with van der Waals surface area (Å²) in [6, 6.07) is 2.32. The Balaban J connectivity index is 1.86. The zero-order valence-corrected chi connectivity index (χ0v) is 11.1. The van der Waals surface area contributed by atoms with Gasteiger partial charge < -0.3 is 14.4 Å². The van der Waals surface area contributed by atoms with Gasteiger partial charge in [0.25, 0.3) is 0 Å². The van der Waals surface area contributed by atoms with Gasteiger partial charge in [-0.05, 0) is 44.1 Å². The topological polar surface area (TPSA) is 45.5 Å². The molecular weight excluding hydrogens is 239 g/mol. The molecular formula is C14H16BN2O2. The van der Waals surface area contributed by atoms with Gasteiger partial charge in [0.2, 0.25) is 0 Å². The lowest BCUT2D eigenvalue weighted by atomic mass is 9.97. The van der Waals surface area contributed by atoms with Crippen LogP contribution >= 0.6 is 0 Å². The van der Waals surface area contributed by atoms with Crippen LogP contribution in [0.3, 0.4) is 0 Å². The molecule has 4 nitrogen and oxygen atoms in total. The molecule has 97 valence electrons. The average Bonchev–Trinajstić information content (AvgIpc) is 2.87. The molecule has 5 heteroatoms. The Bertz CT molecular complexity index is 601. The van der Waals surface area contributed by atoms with Crippen molar-refractivity contribution in [1.29, 1.82) is 0 Å². The molecule has 0 saturated heterocycles. The molecule has 0 amide bonds. The zero-order chi connectivity index (χ0) is 13.6. The summed E-state index contributed by atoms with van der Waals surface area (Å²) in [6.45, 7) is 4.20. The van der Waals surface area contributed by atoms with Crippen molar-refractivity contribution in [2.45, 2.75) is 32.7 Å². The number of rotatable bonds is 3. The van der Waals surface area contributed by atoms with Crippen molar-refractivity contribution in [3.8, 4) is 0 Å². The minimum absolute atomic E-state index is 0.151. The van der Waals surface area contributed by atoms with E-state index in [4.69, 9.17) is 5.11 Å². The van der Waals surface area contributed by atoms with Crippen LogP contribution in [0.5, 0.6) is 0 Å². The van der Waals surface area contributed by atoms with Gasteiger partial charge in [-0.3, -0.25) is 4.79 Å². The molecule has 0 spiro atoms. The summed E-state index contributed by atoms with van der Waals surface area (Å²) in [4.78, 5) is 12.9. The quantitative estimate of drug-likeness (QED) is 0.839. The molecule has 1 atom stereocenters. The largest absolute Gasteiger partial charge is 0.481 e. The van der Waals surface area contributed by atoms with E-state index in [1.54, 1.807) is 0 Å². The van der Waals surface area contributed by atoms with Gasteiger partial charge in [0.15, 0.2) is 0 Å². The molecule has 0 bridgehead atoms. The van der Waals surface area contributed by atoms with Crippen molar-refractivity contribution in [1.82, 2.24) is 9.29 Å². The molecule has 2 aliphatic heterocycles. The molecule has 3 heterocycles. The van der Waals surface area contributed by atoms with Gasteiger partial charge in [-0.2, -0.15) is 0 Å². The molecule has 0 aliphatic carbocycles. The summed E-state index contributed by atoms with van der Waals surface area (Å²) in [6.07, 6.45) is 7.16. The molecule has 1 aromatic rings. The lowest BCUT2D eigenvalue weighted by Gasteiger charge is -2.31. The van der Waals surface area contributed by atoms with Crippen molar-refractivity contribution in [2.75, 3.05) is 0 Å². The predicted octanol–water partition coefficient (Wildman–Crippen LogP) is 1.95. The number of carboxylic acid groups (broad SMARTS) is 1. The van der Waals surface area contributed by atoms with E-state index in [2.05, 4.69) is 55.0 Å². The van der Waals surface area contributed by atoms with Crippen molar-refractivity contribution in [3.63, 3.8) is 0 Å². The van der Waals surface area contributed by atoms with Gasteiger partial charge in [0.05, 0.1) is 0 Å². The minimum Gasteiger partial charge on any atom is -0.481 e. The van der Waals surface area contributed by atoms with E-state index in [9.17, 15) is 4.79 Å². The zero-order valence-electron chi connectivity index (χ0n) is 11.1. The van der Waals surface area contributed by atoms with Gasteiger partial charge in [-0.25, -0.2) is 0 Å². The fraction of sp³-hybridized carbons (Fsp3) is 0.357. The molecule has 1 unspecified atom stereocenters. The SMILES string of the molecule is Cc1cc(C)n2c1C=C1C=CC(CCC(=O)O)N1[B]2. The molecule has 3 rings (SSSR count). The average molecular weight is 255 g/mol. The number of fused-ring (bicyclic) bond motifs is 2. The molecule has 0 aromatic carbocycles. The summed E-state index contributed by atoms with van der Waals surface area (Å²) in [5.74, 6) is -0.739. The highest BCUT2D eigenvalue weighted by molar-refractivity contribution is 6.33. The first kappa shape index (κ1) is 12.1. The third kappa shape index (κ3) is 1.99. The van der Waals surface area contributed by atoms with Gasteiger partial charge in [-0.15, -0.1) is 0 Å². The van der Waals surface area contributed by atoms with E-state index in [1.165, 1.54) is 17.0 Å². The summed E-state index contributed by atoms with van der Waals surface area (Å²) in [5.41, 5.74) is 4.83. The van der Waals surface area contributed by atoms with Crippen LogP contribution in [0.15, 0.2) is 23.9 Å². The van der Waals surface area contributed by atoms with Crippen LogP contribution in [0.1, 0.15) is 29.8 Å². The third-order valence-electron chi connectivity index (χ3n) is 3.79. The normalized spacial score (nSPS) is 19.8. The number of nitrogens with zero attached hydrogens (tertiary/aromatic N) is 2. The second-order valence-corrected chi connectivity index (χ2v) is 5.17. The van der Waals surface area contributed by atoms with Gasteiger partial charge in [-0.1, -0.05) is 6.08 Å². The smallest absolute Gasteiger partial charge is 0.396 e. The summed E-state index contributed by atoms with van der Waals surface area (Å²) in [5, 5.41) is 8.80. The van der Waals surface area contributed by atoms with Crippen LogP contribution in [-0.4, -0.2) is 34.0 Å². The van der Waals surface area contributed by atoms with Crippen LogP contribution in [0.25, 0.3) is 6.08 Å². The summed E-state index contributed by atoms with van der Waals surface area (Å²) < 4.78 is 2.17. The highest BCUT2D eigenvalue weighted by Crippen LogP contribution is 2.30. The Hall–Kier alpha value is -1.91. The summed E-state index contributed by atoms with van der Waals surface area (Å²) >= 11 is 0. The number of hydrogen-bond acceptors (Lipinski definition) is 2. The van der Waals surface area contributed by atoms with Crippen LogP contribution in [-0.2, 0) is 4.79 Å². The van der Waals surface area contributed by atoms with E-state index in [0.29, 0.717) is 6.42 Å². The molecule has 1 aromatic heterocycles. The molecule has 0 fully saturated rings. The van der Waals surface area contributed by atoms with E-state index < -0.39 is 5.97 Å². The molecule has 1 N–H and O–H groups in total. The van der Waals surface area contributed by atoms with E-state index in [0.717, 1.165) is 5.70 Å². The second kappa shape index (κ2) is 4.33. The molecule has 0 saturated carbocycles. The fourth-order valence-corrected chi connectivity index (χ4v) is 2.80. The monoisotopic (exact) mass is 255 g/mol. The van der Waals surface area contributed by atoms with E-state index >= 15 is 0 Å². The first-order valence-electron chi connectivity index (χ1n) is 6.49. The second-order valence-electron chi connectivity index (χ2n) is 5.17. The number of carboxylic acids is 1. The highest BCUT2D eigenvalue weighted by atomic mass is 16.4. The van der Waals surface area contributed by atoms with Crippen LogP contribution in [0.2, 0.25) is 0 Å². The number of aromatic nitrogens is 1. The highest BCUT2D eigenvalue weighted by Gasteiger charge is 2.29. The van der Waals surface area contributed by atoms with Gasteiger partial charge >= 0.3 is 13.5 Å². The van der Waals surface area contributed by atoms with Gasteiger partial charge in [0, 0.05) is 29.5 Å². The fourth-order valence-electron chi connectivity index (χ4n) is 2.80. The molecule has 2 aliphatic rings. The summed E-state index contributed by atoms with van der Waals surface area (Å²) in [7, 11) is 2.08. The lowest BCUT2D eigenvalue weighted by molar-refractivity contribution is -0.137. The van der Waals surface area contributed by atoms with Crippen LogP contribution in [0.4, 0.5) is 0 Å². The van der Waals surface area contributed by atoms with Crippen LogP contribution in [0, 0.1) is 13.8 Å². The predicted molar refractivity (Wildman–Crippen MR) is 74.7 cm³/mol. The number of aryl methyl sites for hydroxylation is 2. The lowest BCUT2D eigenvalue weighted by Crippen LogP contribution is -2.39. The van der Waals surface area contributed by atoms with Crippen LogP contribution < -0.4 is 0 Å². The van der Waals surface area contributed by atoms with Crippen molar-refractivity contribution >= 4 is 19.6 Å². The Kier molecular flexibility index (Phi) is 2.77. The number of aliphatic carboxylic acids is 1. The Morgan fingerprint density at radius 3 is 3.00 bits per heavy atom. The number of hydrogen-bond donors (Lipinski definition) is 1. The minimum atomic E-state index is -0.739. The van der Waals surface area contributed by atoms with E-state index in [1.807, 2.05) is 0 Å². The standard InChI is InChI=1S/C14H16BN2O2/c1-9-7-10(2)16-13(9)8-12-4-3-11(17(12)15-16)5-6-14(18)19/h3-4,7-8,11H,5-6H2,1-2H3,(H,18,19). The van der Waals surface area contributed by atoms with Crippen molar-refractivity contribution in [3.05, 3.63) is 40.9 Å².